The lowest BCUT2D eigenvalue weighted by atomic mass is 10.2. The standard InChI is InChI=1S/C20H21N3O2/c1-4-14(2)25-19-12-8-5-9-16(19)13-21-23-15(3)22-18-11-7-6-10-17(18)20(23)24/h5-14H,4H2,1-3H3/b21-13+/t14-/m0/s1. The Balaban J connectivity index is 2.01. The van der Waals surface area contributed by atoms with E-state index in [-0.39, 0.29) is 11.7 Å². The van der Waals surface area contributed by atoms with Gasteiger partial charge in [-0.25, -0.2) is 4.98 Å². The number of hydrogen-bond acceptors (Lipinski definition) is 4. The molecule has 128 valence electrons. The monoisotopic (exact) mass is 335 g/mol. The number of rotatable bonds is 5. The SMILES string of the molecule is CC[C@H](C)Oc1ccccc1/C=N/n1c(C)nc2ccccc2c1=O. The van der Waals surface area contributed by atoms with E-state index in [1.165, 1.54) is 4.68 Å². The third-order valence-electron chi connectivity index (χ3n) is 4.05. The number of nitrogens with zero attached hydrogens (tertiary/aromatic N) is 3. The van der Waals surface area contributed by atoms with Crippen molar-refractivity contribution in [2.45, 2.75) is 33.3 Å². The molecule has 0 amide bonds. The zero-order valence-electron chi connectivity index (χ0n) is 14.6. The molecule has 0 N–H and O–H groups in total. The Hall–Kier alpha value is -2.95. The Kier molecular flexibility index (Phi) is 4.93. The van der Waals surface area contributed by atoms with Crippen molar-refractivity contribution >= 4 is 17.1 Å². The second-order valence-corrected chi connectivity index (χ2v) is 5.91. The zero-order chi connectivity index (χ0) is 17.8. The van der Waals surface area contributed by atoms with E-state index in [0.29, 0.717) is 16.7 Å². The summed E-state index contributed by atoms with van der Waals surface area (Å²) in [7, 11) is 0. The fraction of sp³-hybridized carbons (Fsp3) is 0.250. The molecule has 2 aromatic carbocycles. The average Bonchev–Trinajstić information content (AvgIpc) is 2.62. The first-order valence-corrected chi connectivity index (χ1v) is 8.38. The maximum Gasteiger partial charge on any atom is 0.282 e. The normalized spacial score (nSPS) is 12.6. The first-order valence-electron chi connectivity index (χ1n) is 8.38. The summed E-state index contributed by atoms with van der Waals surface area (Å²) in [6.07, 6.45) is 2.67. The number of ether oxygens (including phenoxy) is 1. The molecule has 5 nitrogen and oxygen atoms in total. The molecule has 1 atom stereocenters. The van der Waals surface area contributed by atoms with Crippen LogP contribution in [0.4, 0.5) is 0 Å². The molecule has 5 heteroatoms. The van der Waals surface area contributed by atoms with Gasteiger partial charge in [0.25, 0.3) is 5.56 Å². The Labute approximate surface area is 146 Å². The van der Waals surface area contributed by atoms with E-state index in [0.717, 1.165) is 17.7 Å². The fourth-order valence-electron chi connectivity index (χ4n) is 2.49. The van der Waals surface area contributed by atoms with Crippen LogP contribution in [0, 0.1) is 6.92 Å². The van der Waals surface area contributed by atoms with E-state index in [4.69, 9.17) is 4.74 Å². The largest absolute Gasteiger partial charge is 0.490 e. The number of fused-ring (bicyclic) bond motifs is 1. The van der Waals surface area contributed by atoms with Gasteiger partial charge in [0.05, 0.1) is 23.2 Å². The third kappa shape index (κ3) is 3.60. The quantitative estimate of drug-likeness (QED) is 0.667. The molecule has 0 spiro atoms. The van der Waals surface area contributed by atoms with Crippen LogP contribution in [0.1, 0.15) is 31.7 Å². The number of hydrogen-bond donors (Lipinski definition) is 0. The van der Waals surface area contributed by atoms with Gasteiger partial charge >= 0.3 is 0 Å². The minimum Gasteiger partial charge on any atom is -0.490 e. The van der Waals surface area contributed by atoms with Crippen LogP contribution in [-0.4, -0.2) is 22.0 Å². The molecule has 0 radical (unpaired) electrons. The van der Waals surface area contributed by atoms with Gasteiger partial charge in [0.2, 0.25) is 0 Å². The minimum absolute atomic E-state index is 0.112. The smallest absolute Gasteiger partial charge is 0.282 e. The molecule has 0 aliphatic carbocycles. The summed E-state index contributed by atoms with van der Waals surface area (Å²) in [6.45, 7) is 5.87. The van der Waals surface area contributed by atoms with Crippen molar-refractivity contribution < 1.29 is 4.74 Å². The van der Waals surface area contributed by atoms with Crippen LogP contribution in [0.25, 0.3) is 10.9 Å². The first-order chi connectivity index (χ1) is 12.1. The predicted octanol–water partition coefficient (Wildman–Crippen LogP) is 3.76. The molecule has 0 bridgehead atoms. The lowest BCUT2D eigenvalue weighted by molar-refractivity contribution is 0.217. The molecule has 1 heterocycles. The molecule has 0 aliphatic heterocycles. The van der Waals surface area contributed by atoms with Crippen LogP contribution in [0.15, 0.2) is 58.4 Å². The molecule has 0 unspecified atom stereocenters. The molecular weight excluding hydrogens is 314 g/mol. The Bertz CT molecular complexity index is 976. The maximum atomic E-state index is 12.7. The zero-order valence-corrected chi connectivity index (χ0v) is 14.6. The van der Waals surface area contributed by atoms with E-state index < -0.39 is 0 Å². The highest BCUT2D eigenvalue weighted by Crippen LogP contribution is 2.18. The van der Waals surface area contributed by atoms with Gasteiger partial charge in [-0.15, -0.1) is 0 Å². The molecule has 0 fully saturated rings. The molecule has 0 saturated carbocycles. The van der Waals surface area contributed by atoms with Crippen molar-refractivity contribution in [3.63, 3.8) is 0 Å². The van der Waals surface area contributed by atoms with Crippen molar-refractivity contribution in [2.75, 3.05) is 0 Å². The molecule has 0 saturated heterocycles. The summed E-state index contributed by atoms with van der Waals surface area (Å²) in [5, 5.41) is 4.91. The number of benzene rings is 2. The summed E-state index contributed by atoms with van der Waals surface area (Å²) in [6, 6.07) is 14.9. The number of para-hydroxylation sites is 2. The van der Waals surface area contributed by atoms with E-state index in [9.17, 15) is 4.79 Å². The molecule has 3 aromatic rings. The Morgan fingerprint density at radius 1 is 1.20 bits per heavy atom. The van der Waals surface area contributed by atoms with Gasteiger partial charge < -0.3 is 4.74 Å². The fourth-order valence-corrected chi connectivity index (χ4v) is 2.49. The van der Waals surface area contributed by atoms with Gasteiger partial charge in [-0.2, -0.15) is 9.78 Å². The molecule has 1 aromatic heterocycles. The molecule has 25 heavy (non-hydrogen) atoms. The van der Waals surface area contributed by atoms with E-state index in [2.05, 4.69) is 17.0 Å². The summed E-state index contributed by atoms with van der Waals surface area (Å²) >= 11 is 0. The van der Waals surface area contributed by atoms with Crippen LogP contribution < -0.4 is 10.3 Å². The van der Waals surface area contributed by atoms with Crippen LogP contribution >= 0.6 is 0 Å². The molecule has 0 aliphatic rings. The second kappa shape index (κ2) is 7.30. The van der Waals surface area contributed by atoms with Crippen molar-refractivity contribution in [1.29, 1.82) is 0 Å². The minimum atomic E-state index is -0.181. The van der Waals surface area contributed by atoms with Crippen molar-refractivity contribution in [2.24, 2.45) is 5.10 Å². The van der Waals surface area contributed by atoms with Gasteiger partial charge in [-0.3, -0.25) is 4.79 Å². The summed E-state index contributed by atoms with van der Waals surface area (Å²) in [5.41, 5.74) is 1.32. The van der Waals surface area contributed by atoms with Crippen LogP contribution in [-0.2, 0) is 0 Å². The highest BCUT2D eigenvalue weighted by atomic mass is 16.5. The number of aromatic nitrogens is 2. The first kappa shape index (κ1) is 16.9. The molecule has 3 rings (SSSR count). The Morgan fingerprint density at radius 2 is 1.92 bits per heavy atom. The summed E-state index contributed by atoms with van der Waals surface area (Å²) < 4.78 is 7.24. The highest BCUT2D eigenvalue weighted by molar-refractivity contribution is 5.83. The van der Waals surface area contributed by atoms with Crippen molar-refractivity contribution in [1.82, 2.24) is 9.66 Å². The highest BCUT2D eigenvalue weighted by Gasteiger charge is 2.08. The predicted molar refractivity (Wildman–Crippen MR) is 101 cm³/mol. The number of aryl methyl sites for hydroxylation is 1. The summed E-state index contributed by atoms with van der Waals surface area (Å²) in [5.74, 6) is 1.29. The van der Waals surface area contributed by atoms with Gasteiger partial charge in [0.1, 0.15) is 11.6 Å². The van der Waals surface area contributed by atoms with Crippen LogP contribution in [0.5, 0.6) is 5.75 Å². The van der Waals surface area contributed by atoms with Crippen molar-refractivity contribution in [3.8, 4) is 5.75 Å². The van der Waals surface area contributed by atoms with Crippen LogP contribution in [0.2, 0.25) is 0 Å². The van der Waals surface area contributed by atoms with Gasteiger partial charge in [-0.05, 0) is 44.5 Å². The van der Waals surface area contributed by atoms with E-state index in [1.54, 1.807) is 19.2 Å². The van der Waals surface area contributed by atoms with Gasteiger partial charge in [0.15, 0.2) is 0 Å². The van der Waals surface area contributed by atoms with E-state index >= 15 is 0 Å². The van der Waals surface area contributed by atoms with Crippen LogP contribution in [0.3, 0.4) is 0 Å². The van der Waals surface area contributed by atoms with Crippen molar-refractivity contribution in [3.05, 3.63) is 70.3 Å². The summed E-state index contributed by atoms with van der Waals surface area (Å²) in [4.78, 5) is 17.1. The van der Waals surface area contributed by atoms with E-state index in [1.807, 2.05) is 49.4 Å². The second-order valence-electron chi connectivity index (χ2n) is 5.91. The molecular formula is C20H21N3O2. The Morgan fingerprint density at radius 3 is 2.72 bits per heavy atom. The topological polar surface area (TPSA) is 56.5 Å². The maximum absolute atomic E-state index is 12.7. The van der Waals surface area contributed by atoms with Gasteiger partial charge in [-0.1, -0.05) is 31.2 Å². The van der Waals surface area contributed by atoms with Gasteiger partial charge in [0, 0.05) is 5.56 Å². The third-order valence-corrected chi connectivity index (χ3v) is 4.05. The lowest BCUT2D eigenvalue weighted by Crippen LogP contribution is -2.20. The lowest BCUT2D eigenvalue weighted by Gasteiger charge is -2.14. The average molecular weight is 335 g/mol.